The van der Waals surface area contributed by atoms with Crippen LogP contribution in [0.25, 0.3) is 0 Å². The molecule has 0 spiro atoms. The summed E-state index contributed by atoms with van der Waals surface area (Å²) in [5.74, 6) is 0.248. The fraction of sp³-hybridized carbons (Fsp3) is 0.475. The third-order valence-corrected chi connectivity index (χ3v) is 8.76. The second kappa shape index (κ2) is 16.9. The van der Waals surface area contributed by atoms with Crippen molar-refractivity contribution in [2.75, 3.05) is 6.61 Å². The number of ketones is 1. The van der Waals surface area contributed by atoms with Crippen molar-refractivity contribution >= 4 is 5.78 Å². The van der Waals surface area contributed by atoms with E-state index in [1.807, 2.05) is 50.3 Å². The van der Waals surface area contributed by atoms with Gasteiger partial charge in [0, 0.05) is 17.9 Å². The second-order valence-corrected chi connectivity index (χ2v) is 14.0. The molecule has 0 aromatic heterocycles. The molecule has 0 fully saturated rings. The first kappa shape index (κ1) is 37.1. The van der Waals surface area contributed by atoms with Crippen molar-refractivity contribution < 1.29 is 20.1 Å². The lowest BCUT2D eigenvalue weighted by molar-refractivity contribution is -0.115. The molecule has 0 saturated carbocycles. The van der Waals surface area contributed by atoms with Gasteiger partial charge in [-0.05, 0) is 64.7 Å². The average Bonchev–Trinajstić information content (AvgIpc) is 2.89. The van der Waals surface area contributed by atoms with Crippen molar-refractivity contribution in [1.29, 1.82) is 0 Å². The van der Waals surface area contributed by atoms with Gasteiger partial charge in [0.15, 0.2) is 5.78 Å². The highest BCUT2D eigenvalue weighted by Crippen LogP contribution is 2.43. The van der Waals surface area contributed by atoms with Gasteiger partial charge in [-0.1, -0.05) is 140 Å². The van der Waals surface area contributed by atoms with Gasteiger partial charge < -0.3 is 15.3 Å². The molecule has 0 radical (unpaired) electrons. The number of aliphatic hydroxyl groups excluding tert-OH is 3. The highest BCUT2D eigenvalue weighted by molar-refractivity contribution is 5.97. The summed E-state index contributed by atoms with van der Waals surface area (Å²) in [6.45, 7) is 18.5. The predicted molar refractivity (Wildman–Crippen MR) is 186 cm³/mol. The molecular formula is C40H56O4. The Hall–Kier alpha value is -3.05. The first-order valence-electron chi connectivity index (χ1n) is 15.9. The highest BCUT2D eigenvalue weighted by Gasteiger charge is 2.35. The molecular weight excluding hydrogens is 544 g/mol. The molecule has 0 amide bonds. The molecule has 4 heteroatoms. The highest BCUT2D eigenvalue weighted by atomic mass is 16.3. The van der Waals surface area contributed by atoms with Gasteiger partial charge in [0.1, 0.15) is 0 Å². The van der Waals surface area contributed by atoms with E-state index in [2.05, 4.69) is 84.9 Å². The van der Waals surface area contributed by atoms with Crippen LogP contribution in [0.3, 0.4) is 0 Å². The number of hydrogen-bond donors (Lipinski definition) is 3. The number of Topliss-reactive ketones (excluding diaryl/α,β-unsaturated/α-hetero) is 1. The number of hydrogen-bond acceptors (Lipinski definition) is 4. The summed E-state index contributed by atoms with van der Waals surface area (Å²) in [7, 11) is 0. The van der Waals surface area contributed by atoms with Gasteiger partial charge in [-0.25, -0.2) is 0 Å². The van der Waals surface area contributed by atoms with Crippen LogP contribution in [-0.2, 0) is 4.79 Å². The normalized spacial score (nSPS) is 25.6. The smallest absolute Gasteiger partial charge is 0.165 e. The minimum Gasteiger partial charge on any atom is -0.393 e. The lowest BCUT2D eigenvalue weighted by atomic mass is 9.67. The maximum atomic E-state index is 13.0. The van der Waals surface area contributed by atoms with E-state index in [0.29, 0.717) is 24.3 Å². The van der Waals surface area contributed by atoms with Gasteiger partial charge >= 0.3 is 0 Å². The van der Waals surface area contributed by atoms with Gasteiger partial charge in [-0.15, -0.1) is 0 Å². The van der Waals surface area contributed by atoms with Crippen LogP contribution in [-0.4, -0.2) is 39.9 Å². The molecule has 44 heavy (non-hydrogen) atoms. The third kappa shape index (κ3) is 11.8. The molecule has 240 valence electrons. The zero-order valence-corrected chi connectivity index (χ0v) is 28.5. The molecule has 0 heterocycles. The van der Waals surface area contributed by atoms with Crippen molar-refractivity contribution in [2.45, 2.75) is 100 Å². The summed E-state index contributed by atoms with van der Waals surface area (Å²) in [5, 5.41) is 30.0. The zero-order chi connectivity index (χ0) is 33.1. The van der Waals surface area contributed by atoms with Crippen molar-refractivity contribution in [3.63, 3.8) is 0 Å². The van der Waals surface area contributed by atoms with E-state index in [1.165, 1.54) is 11.1 Å². The van der Waals surface area contributed by atoms with Crippen LogP contribution in [0.2, 0.25) is 0 Å². The molecule has 0 aromatic rings. The van der Waals surface area contributed by atoms with E-state index in [0.717, 1.165) is 28.7 Å². The lowest BCUT2D eigenvalue weighted by Crippen LogP contribution is -2.32. The molecule has 0 saturated heterocycles. The Labute approximate surface area is 267 Å². The molecule has 0 aliphatic heterocycles. The first-order chi connectivity index (χ1) is 20.6. The monoisotopic (exact) mass is 600 g/mol. The topological polar surface area (TPSA) is 77.8 Å². The maximum absolute atomic E-state index is 13.0. The molecule has 0 aromatic carbocycles. The van der Waals surface area contributed by atoms with Crippen molar-refractivity contribution in [3.8, 4) is 0 Å². The average molecular weight is 601 g/mol. The molecule has 4 nitrogen and oxygen atoms in total. The Morgan fingerprint density at radius 2 is 1.39 bits per heavy atom. The van der Waals surface area contributed by atoms with E-state index in [1.54, 1.807) is 6.08 Å². The van der Waals surface area contributed by atoms with E-state index in [4.69, 9.17) is 0 Å². The number of carbonyl (C=O) groups excluding carboxylic acids is 1. The molecule has 3 atom stereocenters. The number of allylic oxidation sites excluding steroid dienone is 17. The van der Waals surface area contributed by atoms with Crippen LogP contribution >= 0.6 is 0 Å². The van der Waals surface area contributed by atoms with Crippen molar-refractivity contribution in [1.82, 2.24) is 0 Å². The van der Waals surface area contributed by atoms with Crippen LogP contribution in [0.5, 0.6) is 0 Å². The Morgan fingerprint density at radius 3 is 1.93 bits per heavy atom. The lowest BCUT2D eigenvalue weighted by Gasteiger charge is -2.38. The standard InChI is InChI=1S/C40H56O4/c1-28(16-12-17-30(3)20-21-36-31(4)22-34(42)25-39(36,6)7)14-10-11-15-29(2)18-13-19-33(27-41)38(44)24-37-32(5)23-35(43)26-40(37,8)9/h10-22,34-36,41-43H,23-27H2,1-9H3/b11-10+,16-12+,18-13+,21-20+,28-14+,29-15+,30-17+,33-19+. The molecule has 3 unspecified atom stereocenters. The quantitative estimate of drug-likeness (QED) is 0.119. The van der Waals surface area contributed by atoms with Gasteiger partial charge in [0.25, 0.3) is 0 Å². The van der Waals surface area contributed by atoms with E-state index >= 15 is 0 Å². The fourth-order valence-corrected chi connectivity index (χ4v) is 6.39. The predicted octanol–water partition coefficient (Wildman–Crippen LogP) is 8.78. The largest absolute Gasteiger partial charge is 0.393 e. The summed E-state index contributed by atoms with van der Waals surface area (Å²) < 4.78 is 0. The molecule has 2 aliphatic rings. The molecule has 0 bridgehead atoms. The Bertz CT molecular complexity index is 1330. The first-order valence-corrected chi connectivity index (χ1v) is 15.9. The Morgan fingerprint density at radius 1 is 0.841 bits per heavy atom. The van der Waals surface area contributed by atoms with Gasteiger partial charge in [0.2, 0.25) is 0 Å². The van der Waals surface area contributed by atoms with Crippen molar-refractivity contribution in [2.24, 2.45) is 16.7 Å². The summed E-state index contributed by atoms with van der Waals surface area (Å²) in [4.78, 5) is 13.0. The van der Waals surface area contributed by atoms with Gasteiger partial charge in [-0.2, -0.15) is 0 Å². The summed E-state index contributed by atoms with van der Waals surface area (Å²) in [5.41, 5.74) is 6.91. The number of carbonyl (C=O) groups is 1. The minimum atomic E-state index is -0.363. The van der Waals surface area contributed by atoms with Crippen LogP contribution < -0.4 is 0 Å². The van der Waals surface area contributed by atoms with Crippen LogP contribution in [0.4, 0.5) is 0 Å². The van der Waals surface area contributed by atoms with Gasteiger partial charge in [-0.3, -0.25) is 4.79 Å². The number of aliphatic hydroxyl groups is 3. The van der Waals surface area contributed by atoms with E-state index in [-0.39, 0.29) is 41.8 Å². The molecule has 3 N–H and O–H groups in total. The third-order valence-electron chi connectivity index (χ3n) is 8.76. The minimum absolute atomic E-state index is 0.0349. The van der Waals surface area contributed by atoms with Crippen LogP contribution in [0.1, 0.15) is 88.0 Å². The fourth-order valence-electron chi connectivity index (χ4n) is 6.39. The van der Waals surface area contributed by atoms with E-state index in [9.17, 15) is 20.1 Å². The Balaban J connectivity index is 1.94. The number of rotatable bonds is 12. The van der Waals surface area contributed by atoms with Crippen molar-refractivity contribution in [3.05, 3.63) is 118 Å². The summed E-state index contributed by atoms with van der Waals surface area (Å²) in [6, 6.07) is 0. The zero-order valence-electron chi connectivity index (χ0n) is 28.5. The van der Waals surface area contributed by atoms with Gasteiger partial charge in [0.05, 0.1) is 18.8 Å². The molecule has 2 aliphatic carbocycles. The van der Waals surface area contributed by atoms with Crippen LogP contribution in [0.15, 0.2) is 118 Å². The Kier molecular flexibility index (Phi) is 14.2. The second-order valence-electron chi connectivity index (χ2n) is 14.0. The maximum Gasteiger partial charge on any atom is 0.165 e. The van der Waals surface area contributed by atoms with E-state index < -0.39 is 0 Å². The summed E-state index contributed by atoms with van der Waals surface area (Å²) in [6.07, 6.45) is 27.7. The SMILES string of the molecule is CC1=CC(O)CC(C)(C)C1/C=C/C(C)=C/C=C/C(C)=C/C=C/C=C(C)/C=C/C=C(\CO)C(=O)CC1=C(C)CC(O)CC1(C)C. The molecule has 2 rings (SSSR count). The van der Waals surface area contributed by atoms with Crippen LogP contribution in [0, 0.1) is 16.7 Å². The summed E-state index contributed by atoms with van der Waals surface area (Å²) >= 11 is 0.